The normalized spacial score (nSPS) is 27.6. The van der Waals surface area contributed by atoms with E-state index in [0.717, 1.165) is 25.7 Å². The molecule has 2 aliphatic rings. The molecule has 0 bridgehead atoms. The molecule has 21 heavy (non-hydrogen) atoms. The van der Waals surface area contributed by atoms with Crippen LogP contribution < -0.4 is 0 Å². The molecular weight excluding hydrogens is 290 g/mol. The molecule has 0 aromatic carbocycles. The summed E-state index contributed by atoms with van der Waals surface area (Å²) in [5.74, 6) is 0.771. The minimum Gasteiger partial charge on any atom is -0.337 e. The molecule has 1 aromatic heterocycles. The fraction of sp³-hybridized carbons (Fsp3) is 0.714. The van der Waals surface area contributed by atoms with Gasteiger partial charge in [-0.15, -0.1) is 0 Å². The number of nitrogens with zero attached hydrogens (tertiary/aromatic N) is 3. The second-order valence-corrected chi connectivity index (χ2v) is 7.87. The highest BCUT2D eigenvalue weighted by atomic mass is 32.2. The second kappa shape index (κ2) is 5.21. The first-order valence-electron chi connectivity index (χ1n) is 7.46. The maximum Gasteiger partial charge on any atom is 0.262 e. The van der Waals surface area contributed by atoms with Crippen LogP contribution in [0, 0.1) is 12.8 Å². The van der Waals surface area contributed by atoms with Crippen LogP contribution in [-0.2, 0) is 21.9 Å². The lowest BCUT2D eigenvalue weighted by Gasteiger charge is -2.27. The second-order valence-electron chi connectivity index (χ2n) is 6.03. The fourth-order valence-electron chi connectivity index (χ4n) is 3.49. The van der Waals surface area contributed by atoms with Gasteiger partial charge in [0.25, 0.3) is 10.0 Å². The SMILES string of the molecule is Cc1nc(S(=O)(=O)N2CCCC2C2CCCC2=O)cn1C. The van der Waals surface area contributed by atoms with Crippen LogP contribution in [0.5, 0.6) is 0 Å². The van der Waals surface area contributed by atoms with E-state index >= 15 is 0 Å². The Kier molecular flexibility index (Phi) is 3.65. The van der Waals surface area contributed by atoms with Crippen molar-refractivity contribution in [2.75, 3.05) is 6.54 Å². The predicted octanol–water partition coefficient (Wildman–Crippen LogP) is 1.25. The zero-order valence-electron chi connectivity index (χ0n) is 12.4. The molecule has 0 radical (unpaired) electrons. The predicted molar refractivity (Wildman–Crippen MR) is 77.2 cm³/mol. The number of imidazole rings is 1. The van der Waals surface area contributed by atoms with Crippen LogP contribution in [0.25, 0.3) is 0 Å². The number of carbonyl (C=O) groups is 1. The van der Waals surface area contributed by atoms with Gasteiger partial charge in [0.15, 0.2) is 5.03 Å². The lowest BCUT2D eigenvalue weighted by molar-refractivity contribution is -0.121. The van der Waals surface area contributed by atoms with E-state index in [1.165, 1.54) is 4.31 Å². The molecule has 2 heterocycles. The van der Waals surface area contributed by atoms with Gasteiger partial charge in [0.2, 0.25) is 0 Å². The average molecular weight is 311 g/mol. The molecular formula is C14H21N3O3S. The summed E-state index contributed by atoms with van der Waals surface area (Å²) in [7, 11) is -1.82. The molecule has 0 spiro atoms. The summed E-state index contributed by atoms with van der Waals surface area (Å²) in [6.45, 7) is 2.27. The van der Waals surface area contributed by atoms with Crippen LogP contribution in [0.1, 0.15) is 37.9 Å². The Labute approximate surface area is 125 Å². The van der Waals surface area contributed by atoms with Crippen LogP contribution in [0.4, 0.5) is 0 Å². The van der Waals surface area contributed by atoms with Crippen LogP contribution in [0.3, 0.4) is 0 Å². The van der Waals surface area contributed by atoms with Crippen molar-refractivity contribution in [2.24, 2.45) is 13.0 Å². The minimum atomic E-state index is -3.60. The summed E-state index contributed by atoms with van der Waals surface area (Å²) in [4.78, 5) is 16.1. The summed E-state index contributed by atoms with van der Waals surface area (Å²) in [6, 6.07) is -0.174. The van der Waals surface area contributed by atoms with Crippen molar-refractivity contribution in [3.63, 3.8) is 0 Å². The van der Waals surface area contributed by atoms with E-state index in [1.807, 2.05) is 0 Å². The molecule has 1 saturated heterocycles. The summed E-state index contributed by atoms with van der Waals surface area (Å²) in [5, 5.41) is 0.0971. The van der Waals surface area contributed by atoms with Gasteiger partial charge >= 0.3 is 0 Å². The monoisotopic (exact) mass is 311 g/mol. The van der Waals surface area contributed by atoms with E-state index in [0.29, 0.717) is 18.8 Å². The number of ketones is 1. The van der Waals surface area contributed by atoms with Gasteiger partial charge in [0.05, 0.1) is 0 Å². The Morgan fingerprint density at radius 2 is 2.05 bits per heavy atom. The third-order valence-electron chi connectivity index (χ3n) is 4.72. The van der Waals surface area contributed by atoms with Crippen LogP contribution >= 0.6 is 0 Å². The van der Waals surface area contributed by atoms with Gasteiger partial charge < -0.3 is 4.57 Å². The first-order chi connectivity index (χ1) is 9.91. The van der Waals surface area contributed by atoms with E-state index in [2.05, 4.69) is 4.98 Å². The standard InChI is InChI=1S/C14H21N3O3S/c1-10-15-14(9-16(10)2)21(19,20)17-8-4-6-12(17)11-5-3-7-13(11)18/h9,11-12H,3-8H2,1-2H3. The van der Waals surface area contributed by atoms with Gasteiger partial charge in [-0.25, -0.2) is 13.4 Å². The molecule has 3 rings (SSSR count). The smallest absolute Gasteiger partial charge is 0.262 e. The average Bonchev–Trinajstić information content (AvgIpc) is 3.11. The Morgan fingerprint density at radius 1 is 1.29 bits per heavy atom. The van der Waals surface area contributed by atoms with Gasteiger partial charge in [-0.3, -0.25) is 4.79 Å². The third kappa shape index (κ3) is 2.42. The van der Waals surface area contributed by atoms with Crippen LogP contribution in [-0.4, -0.2) is 40.6 Å². The molecule has 2 atom stereocenters. The molecule has 1 aromatic rings. The highest BCUT2D eigenvalue weighted by Crippen LogP contribution is 2.36. The lowest BCUT2D eigenvalue weighted by atomic mass is 9.96. The van der Waals surface area contributed by atoms with Crippen molar-refractivity contribution in [1.82, 2.24) is 13.9 Å². The number of sulfonamides is 1. The number of carbonyl (C=O) groups excluding carboxylic acids is 1. The van der Waals surface area contributed by atoms with Crippen LogP contribution in [0.2, 0.25) is 0 Å². The molecule has 7 heteroatoms. The fourth-order valence-corrected chi connectivity index (χ4v) is 5.24. The molecule has 2 fully saturated rings. The van der Waals surface area contributed by atoms with Gasteiger partial charge in [-0.2, -0.15) is 4.31 Å². The van der Waals surface area contributed by atoms with Crippen LogP contribution in [0.15, 0.2) is 11.2 Å². The molecule has 116 valence electrons. The lowest BCUT2D eigenvalue weighted by Crippen LogP contribution is -2.41. The molecule has 2 unspecified atom stereocenters. The molecule has 0 amide bonds. The van der Waals surface area contributed by atoms with Crippen molar-refractivity contribution in [3.8, 4) is 0 Å². The van der Waals surface area contributed by atoms with E-state index < -0.39 is 10.0 Å². The molecule has 6 nitrogen and oxygen atoms in total. The maximum absolute atomic E-state index is 12.8. The van der Waals surface area contributed by atoms with Crippen molar-refractivity contribution >= 4 is 15.8 Å². The topological polar surface area (TPSA) is 72.3 Å². The van der Waals surface area contributed by atoms with Crippen molar-refractivity contribution in [2.45, 2.75) is 50.1 Å². The van der Waals surface area contributed by atoms with Gasteiger partial charge in [-0.05, 0) is 32.6 Å². The number of aryl methyl sites for hydroxylation is 2. The quantitative estimate of drug-likeness (QED) is 0.842. The summed E-state index contributed by atoms with van der Waals surface area (Å²) in [6.07, 6.45) is 5.45. The summed E-state index contributed by atoms with van der Waals surface area (Å²) < 4.78 is 28.8. The Bertz CT molecular complexity index is 646. The van der Waals surface area contributed by atoms with E-state index in [1.54, 1.807) is 24.7 Å². The Balaban J connectivity index is 1.92. The minimum absolute atomic E-state index is 0.0971. The number of rotatable bonds is 3. The first-order valence-corrected chi connectivity index (χ1v) is 8.90. The molecule has 1 aliphatic carbocycles. The van der Waals surface area contributed by atoms with E-state index in [-0.39, 0.29) is 22.8 Å². The number of hydrogen-bond donors (Lipinski definition) is 0. The maximum atomic E-state index is 12.8. The first kappa shape index (κ1) is 14.7. The zero-order valence-corrected chi connectivity index (χ0v) is 13.3. The highest BCUT2D eigenvalue weighted by molar-refractivity contribution is 7.89. The number of hydrogen-bond acceptors (Lipinski definition) is 4. The van der Waals surface area contributed by atoms with Gasteiger partial charge in [-0.1, -0.05) is 0 Å². The number of Topliss-reactive ketones (excluding diaryl/α,β-unsaturated/α-hetero) is 1. The third-order valence-corrected chi connectivity index (χ3v) is 6.52. The summed E-state index contributed by atoms with van der Waals surface area (Å²) in [5.41, 5.74) is 0. The Morgan fingerprint density at radius 3 is 2.62 bits per heavy atom. The van der Waals surface area contributed by atoms with E-state index in [9.17, 15) is 13.2 Å². The van der Waals surface area contributed by atoms with Crippen molar-refractivity contribution in [1.29, 1.82) is 0 Å². The largest absolute Gasteiger partial charge is 0.337 e. The Hall–Kier alpha value is -1.21. The highest BCUT2D eigenvalue weighted by Gasteiger charge is 2.44. The summed E-state index contributed by atoms with van der Waals surface area (Å²) >= 11 is 0. The molecule has 1 aliphatic heterocycles. The van der Waals surface area contributed by atoms with E-state index in [4.69, 9.17) is 0 Å². The van der Waals surface area contributed by atoms with Gasteiger partial charge in [0, 0.05) is 38.2 Å². The van der Waals surface area contributed by atoms with Gasteiger partial charge in [0.1, 0.15) is 11.6 Å². The molecule has 0 N–H and O–H groups in total. The zero-order chi connectivity index (χ0) is 15.2. The van der Waals surface area contributed by atoms with Crippen molar-refractivity contribution in [3.05, 3.63) is 12.0 Å². The molecule has 1 saturated carbocycles. The number of aromatic nitrogens is 2. The van der Waals surface area contributed by atoms with Crippen molar-refractivity contribution < 1.29 is 13.2 Å².